The highest BCUT2D eigenvalue weighted by atomic mass is 32.2. The number of carboxylic acid groups (broad SMARTS) is 1. The van der Waals surface area contributed by atoms with E-state index in [0.29, 0.717) is 21.3 Å². The van der Waals surface area contributed by atoms with Crippen LogP contribution < -0.4 is 5.32 Å². The molecule has 1 unspecified atom stereocenters. The van der Waals surface area contributed by atoms with Crippen LogP contribution in [-0.2, 0) is 9.59 Å². The molecule has 0 aromatic heterocycles. The number of thioether (sulfide) groups is 1. The van der Waals surface area contributed by atoms with Crippen LogP contribution in [0.2, 0.25) is 0 Å². The van der Waals surface area contributed by atoms with E-state index in [2.05, 4.69) is 22.4 Å². The predicted octanol–water partition coefficient (Wildman–Crippen LogP) is 5.43. The lowest BCUT2D eigenvalue weighted by molar-refractivity contribution is -0.138. The Kier molecular flexibility index (Phi) is 6.00. The molecule has 1 amide bonds. The van der Waals surface area contributed by atoms with E-state index >= 15 is 0 Å². The molecular formula is C25H20N2O3S. The highest BCUT2D eigenvalue weighted by Gasteiger charge is 2.23. The zero-order chi connectivity index (χ0) is 21.8. The lowest BCUT2D eigenvalue weighted by Gasteiger charge is -2.06. The molecule has 4 rings (SSSR count). The van der Waals surface area contributed by atoms with Gasteiger partial charge in [-0.1, -0.05) is 66.7 Å². The van der Waals surface area contributed by atoms with Crippen LogP contribution in [0.4, 0.5) is 5.69 Å². The van der Waals surface area contributed by atoms with Gasteiger partial charge in [-0.15, -0.1) is 0 Å². The van der Waals surface area contributed by atoms with Gasteiger partial charge in [-0.3, -0.25) is 9.59 Å². The molecule has 1 fully saturated rings. The first-order valence-electron chi connectivity index (χ1n) is 9.77. The summed E-state index contributed by atoms with van der Waals surface area (Å²) in [5, 5.41) is 12.4. The smallest absolute Gasteiger partial charge is 0.310 e. The first-order chi connectivity index (χ1) is 15.0. The van der Waals surface area contributed by atoms with Gasteiger partial charge in [-0.05, 0) is 59.1 Å². The number of nitrogens with zero attached hydrogens (tertiary/aromatic N) is 1. The first-order valence-corrected chi connectivity index (χ1v) is 10.6. The largest absolute Gasteiger partial charge is 0.481 e. The maximum atomic E-state index is 12.3. The maximum absolute atomic E-state index is 12.3. The summed E-state index contributed by atoms with van der Waals surface area (Å²) in [4.78, 5) is 28.5. The third-order valence-electron chi connectivity index (χ3n) is 4.96. The normalized spacial score (nSPS) is 17.0. The number of amidine groups is 1. The lowest BCUT2D eigenvalue weighted by Crippen LogP contribution is -2.19. The van der Waals surface area contributed by atoms with Crippen LogP contribution in [0.1, 0.15) is 24.0 Å². The average molecular weight is 429 g/mol. The molecule has 0 radical (unpaired) electrons. The Morgan fingerprint density at radius 1 is 0.968 bits per heavy atom. The number of carbonyl (C=O) groups is 2. The number of aliphatic imine (C=N–C) groups is 1. The summed E-state index contributed by atoms with van der Waals surface area (Å²) in [7, 11) is 0. The van der Waals surface area contributed by atoms with Crippen LogP contribution in [0, 0.1) is 0 Å². The molecule has 2 N–H and O–H groups in total. The standard InChI is InChI=1S/C25H20N2O3S/c1-16(24(29)30)18-11-13-21(14-12-18)26-25-27-23(28)22(31-25)15-17-7-9-20(10-8-17)19-5-3-2-4-6-19/h2-16H,1H3,(H,29,30)(H,26,27,28). The number of carbonyl (C=O) groups excluding carboxylic acids is 1. The Bertz CT molecular complexity index is 1170. The van der Waals surface area contributed by atoms with Crippen LogP contribution >= 0.6 is 11.8 Å². The molecule has 154 valence electrons. The first kappa shape index (κ1) is 20.6. The monoisotopic (exact) mass is 428 g/mol. The second-order valence-corrected chi connectivity index (χ2v) is 8.15. The van der Waals surface area contributed by atoms with Crippen molar-refractivity contribution in [3.8, 4) is 11.1 Å². The molecule has 1 aliphatic rings. The summed E-state index contributed by atoms with van der Waals surface area (Å²) < 4.78 is 0. The molecule has 3 aromatic rings. The number of benzene rings is 3. The minimum absolute atomic E-state index is 0.188. The van der Waals surface area contributed by atoms with E-state index in [1.807, 2.05) is 48.5 Å². The van der Waals surface area contributed by atoms with Crippen molar-refractivity contribution in [1.82, 2.24) is 5.32 Å². The molecule has 31 heavy (non-hydrogen) atoms. The summed E-state index contributed by atoms with van der Waals surface area (Å²) in [6.45, 7) is 1.64. The van der Waals surface area contributed by atoms with E-state index in [0.717, 1.165) is 16.7 Å². The second-order valence-electron chi connectivity index (χ2n) is 7.12. The maximum Gasteiger partial charge on any atom is 0.310 e. The minimum atomic E-state index is -0.871. The Morgan fingerprint density at radius 2 is 1.61 bits per heavy atom. The number of aliphatic carboxylic acids is 1. The van der Waals surface area contributed by atoms with Gasteiger partial charge in [0.1, 0.15) is 0 Å². The van der Waals surface area contributed by atoms with Crippen molar-refractivity contribution >= 4 is 40.6 Å². The molecule has 1 atom stereocenters. The van der Waals surface area contributed by atoms with Gasteiger partial charge in [0.15, 0.2) is 5.17 Å². The van der Waals surface area contributed by atoms with Gasteiger partial charge in [-0.25, -0.2) is 4.99 Å². The summed E-state index contributed by atoms with van der Waals surface area (Å²) in [5.41, 5.74) is 4.56. The van der Waals surface area contributed by atoms with Crippen molar-refractivity contribution in [2.75, 3.05) is 0 Å². The Labute approximate surface area is 184 Å². The lowest BCUT2D eigenvalue weighted by atomic mass is 10.0. The SMILES string of the molecule is CC(C(=O)O)c1ccc(N=C2NC(=O)C(=Cc3ccc(-c4ccccc4)cc3)S2)cc1. The van der Waals surface area contributed by atoms with E-state index in [1.54, 1.807) is 31.2 Å². The zero-order valence-corrected chi connectivity index (χ0v) is 17.6. The fraction of sp³-hybridized carbons (Fsp3) is 0.0800. The average Bonchev–Trinajstić information content (AvgIpc) is 3.13. The molecule has 1 heterocycles. The van der Waals surface area contributed by atoms with E-state index in [4.69, 9.17) is 5.11 Å². The number of carboxylic acids is 1. The third kappa shape index (κ3) is 4.92. The summed E-state index contributed by atoms with van der Waals surface area (Å²) >= 11 is 1.28. The molecule has 0 spiro atoms. The van der Waals surface area contributed by atoms with Crippen molar-refractivity contribution in [3.05, 3.63) is 94.9 Å². The van der Waals surface area contributed by atoms with Gasteiger partial charge in [0.2, 0.25) is 0 Å². The fourth-order valence-electron chi connectivity index (χ4n) is 3.13. The van der Waals surface area contributed by atoms with Gasteiger partial charge in [-0.2, -0.15) is 0 Å². The topological polar surface area (TPSA) is 78.8 Å². The van der Waals surface area contributed by atoms with Crippen LogP contribution in [0.3, 0.4) is 0 Å². The highest BCUT2D eigenvalue weighted by molar-refractivity contribution is 8.18. The minimum Gasteiger partial charge on any atom is -0.481 e. The number of nitrogens with one attached hydrogen (secondary N) is 1. The molecule has 0 saturated carbocycles. The van der Waals surface area contributed by atoms with E-state index in [-0.39, 0.29) is 5.91 Å². The fourth-order valence-corrected chi connectivity index (χ4v) is 3.97. The van der Waals surface area contributed by atoms with E-state index < -0.39 is 11.9 Å². The van der Waals surface area contributed by atoms with Gasteiger partial charge < -0.3 is 10.4 Å². The molecule has 5 nitrogen and oxygen atoms in total. The Balaban J connectivity index is 1.47. The van der Waals surface area contributed by atoms with Gasteiger partial charge in [0.25, 0.3) is 5.91 Å². The van der Waals surface area contributed by atoms with Crippen molar-refractivity contribution in [1.29, 1.82) is 0 Å². The molecule has 6 heteroatoms. The van der Waals surface area contributed by atoms with Crippen LogP contribution in [0.25, 0.3) is 17.2 Å². The van der Waals surface area contributed by atoms with Crippen molar-refractivity contribution in [2.24, 2.45) is 4.99 Å². The quantitative estimate of drug-likeness (QED) is 0.531. The Morgan fingerprint density at radius 3 is 2.26 bits per heavy atom. The second kappa shape index (κ2) is 9.02. The van der Waals surface area contributed by atoms with Crippen LogP contribution in [0.15, 0.2) is 88.8 Å². The van der Waals surface area contributed by atoms with E-state index in [1.165, 1.54) is 11.8 Å². The summed E-state index contributed by atoms with van der Waals surface area (Å²) in [5.74, 6) is -1.64. The number of hydrogen-bond donors (Lipinski definition) is 2. The summed E-state index contributed by atoms with van der Waals surface area (Å²) in [6.07, 6.45) is 1.84. The van der Waals surface area contributed by atoms with Crippen molar-refractivity contribution in [3.63, 3.8) is 0 Å². The molecule has 1 saturated heterocycles. The molecule has 0 bridgehead atoms. The van der Waals surface area contributed by atoms with Crippen LogP contribution in [0.5, 0.6) is 0 Å². The third-order valence-corrected chi connectivity index (χ3v) is 5.87. The van der Waals surface area contributed by atoms with E-state index in [9.17, 15) is 9.59 Å². The Hall–Kier alpha value is -3.64. The molecule has 3 aromatic carbocycles. The zero-order valence-electron chi connectivity index (χ0n) is 16.8. The van der Waals surface area contributed by atoms with Crippen molar-refractivity contribution < 1.29 is 14.7 Å². The molecule has 1 aliphatic heterocycles. The van der Waals surface area contributed by atoms with Crippen LogP contribution in [-0.4, -0.2) is 22.2 Å². The number of hydrogen-bond acceptors (Lipinski definition) is 4. The highest BCUT2D eigenvalue weighted by Crippen LogP contribution is 2.29. The predicted molar refractivity (Wildman–Crippen MR) is 125 cm³/mol. The van der Waals surface area contributed by atoms with Gasteiger partial charge >= 0.3 is 5.97 Å². The van der Waals surface area contributed by atoms with Crippen molar-refractivity contribution in [2.45, 2.75) is 12.8 Å². The van der Waals surface area contributed by atoms with Gasteiger partial charge in [0.05, 0.1) is 16.5 Å². The molecular weight excluding hydrogens is 408 g/mol. The number of rotatable bonds is 5. The summed E-state index contributed by atoms with van der Waals surface area (Å²) in [6, 6.07) is 25.1. The molecule has 0 aliphatic carbocycles. The number of amides is 1. The van der Waals surface area contributed by atoms with Gasteiger partial charge in [0, 0.05) is 0 Å².